The molecule has 0 unspecified atom stereocenters. The SMILES string of the molecule is COC(=O)/N=C1\O[C@@]2(C)CCCC[C@]1(C(=O)OC)[C@H]2C. The predicted octanol–water partition coefficient (Wildman–Crippen LogP) is 2.31. The van der Waals surface area contributed by atoms with E-state index in [2.05, 4.69) is 9.73 Å². The molecule has 0 radical (unpaired) electrons. The van der Waals surface area contributed by atoms with Crippen LogP contribution >= 0.6 is 0 Å². The van der Waals surface area contributed by atoms with Gasteiger partial charge in [0.2, 0.25) is 5.90 Å². The second-order valence-electron chi connectivity index (χ2n) is 5.69. The molecule has 1 heterocycles. The number of carbonyl (C=O) groups is 2. The Hall–Kier alpha value is -1.59. The van der Waals surface area contributed by atoms with E-state index in [1.54, 1.807) is 0 Å². The Morgan fingerprint density at radius 1 is 1.25 bits per heavy atom. The summed E-state index contributed by atoms with van der Waals surface area (Å²) in [5.41, 5.74) is -1.48. The van der Waals surface area contributed by atoms with Crippen LogP contribution in [0.4, 0.5) is 4.79 Å². The molecule has 2 fully saturated rings. The van der Waals surface area contributed by atoms with Gasteiger partial charge in [-0.25, -0.2) is 4.79 Å². The summed E-state index contributed by atoms with van der Waals surface area (Å²) in [6.07, 6.45) is 2.49. The lowest BCUT2D eigenvalue weighted by Gasteiger charge is -2.30. The van der Waals surface area contributed by atoms with Gasteiger partial charge >= 0.3 is 12.1 Å². The number of ether oxygens (including phenoxy) is 3. The van der Waals surface area contributed by atoms with Crippen LogP contribution in [0.25, 0.3) is 0 Å². The molecule has 1 saturated carbocycles. The van der Waals surface area contributed by atoms with Crippen molar-refractivity contribution in [2.45, 2.75) is 45.1 Å². The van der Waals surface area contributed by atoms with Gasteiger partial charge in [0.15, 0.2) is 0 Å². The van der Waals surface area contributed by atoms with E-state index in [0.29, 0.717) is 6.42 Å². The van der Waals surface area contributed by atoms with Gasteiger partial charge < -0.3 is 14.2 Å². The number of methoxy groups -OCH3 is 2. The van der Waals surface area contributed by atoms with E-state index in [1.165, 1.54) is 14.2 Å². The van der Waals surface area contributed by atoms with Gasteiger partial charge in [-0.15, -0.1) is 4.99 Å². The number of aliphatic imine (C=N–C) groups is 1. The molecule has 112 valence electrons. The predicted molar refractivity (Wildman–Crippen MR) is 71.4 cm³/mol. The third-order valence-corrected chi connectivity index (χ3v) is 4.78. The number of nitrogens with zero attached hydrogens (tertiary/aromatic N) is 1. The molecule has 6 nitrogen and oxygen atoms in total. The molecule has 1 saturated heterocycles. The standard InChI is InChI=1S/C14H21NO5/c1-9-13(2)7-5-6-8-14(9,11(16)18-3)10(20-13)15-12(17)19-4/h9H,5-8H2,1-4H3/b15-10-/t9-,13-,14-/m0/s1. The smallest absolute Gasteiger partial charge is 0.436 e. The Balaban J connectivity index is 2.54. The van der Waals surface area contributed by atoms with Crippen LogP contribution in [0, 0.1) is 11.3 Å². The van der Waals surface area contributed by atoms with Crippen molar-refractivity contribution in [3.05, 3.63) is 0 Å². The maximum absolute atomic E-state index is 12.4. The highest BCUT2D eigenvalue weighted by Crippen LogP contribution is 2.54. The fourth-order valence-electron chi connectivity index (χ4n) is 3.38. The zero-order chi connectivity index (χ0) is 15.0. The minimum absolute atomic E-state index is 0.103. The van der Waals surface area contributed by atoms with Crippen molar-refractivity contribution in [2.24, 2.45) is 16.3 Å². The topological polar surface area (TPSA) is 74.2 Å². The Bertz CT molecular complexity index is 460. The lowest BCUT2D eigenvalue weighted by molar-refractivity contribution is -0.151. The monoisotopic (exact) mass is 283 g/mol. The van der Waals surface area contributed by atoms with Crippen molar-refractivity contribution in [3.63, 3.8) is 0 Å². The first-order chi connectivity index (χ1) is 9.40. The molecule has 0 aromatic carbocycles. The van der Waals surface area contributed by atoms with Crippen molar-refractivity contribution in [3.8, 4) is 0 Å². The molecule has 1 aliphatic heterocycles. The Morgan fingerprint density at radius 2 is 1.90 bits per heavy atom. The summed E-state index contributed by atoms with van der Waals surface area (Å²) in [6.45, 7) is 3.92. The van der Waals surface area contributed by atoms with E-state index in [0.717, 1.165) is 19.3 Å². The fourth-order valence-corrected chi connectivity index (χ4v) is 3.38. The van der Waals surface area contributed by atoms with Gasteiger partial charge in [0.05, 0.1) is 14.2 Å². The third kappa shape index (κ3) is 1.98. The van der Waals surface area contributed by atoms with Crippen LogP contribution < -0.4 is 0 Å². The van der Waals surface area contributed by atoms with E-state index in [4.69, 9.17) is 9.47 Å². The molecule has 0 spiro atoms. The number of hydrogen-bond donors (Lipinski definition) is 0. The number of fused-ring (bicyclic) bond motifs is 2. The molecular weight excluding hydrogens is 262 g/mol. The highest BCUT2D eigenvalue weighted by Gasteiger charge is 2.64. The Kier molecular flexibility index (Phi) is 3.75. The van der Waals surface area contributed by atoms with Crippen molar-refractivity contribution < 1.29 is 23.8 Å². The molecule has 3 atom stereocenters. The van der Waals surface area contributed by atoms with Gasteiger partial charge in [0, 0.05) is 5.92 Å². The summed E-state index contributed by atoms with van der Waals surface area (Å²) in [4.78, 5) is 27.7. The third-order valence-electron chi connectivity index (χ3n) is 4.78. The maximum atomic E-state index is 12.4. The lowest BCUT2D eigenvalue weighted by atomic mass is 9.70. The summed E-state index contributed by atoms with van der Waals surface area (Å²) >= 11 is 0. The zero-order valence-corrected chi connectivity index (χ0v) is 12.4. The molecular formula is C14H21NO5. The first-order valence-corrected chi connectivity index (χ1v) is 6.85. The second kappa shape index (κ2) is 5.07. The molecule has 2 aliphatic rings. The number of carbonyl (C=O) groups excluding carboxylic acids is 2. The van der Waals surface area contributed by atoms with Gasteiger partial charge in [-0.05, 0) is 26.2 Å². The van der Waals surface area contributed by atoms with Gasteiger partial charge in [0.1, 0.15) is 11.0 Å². The summed E-state index contributed by atoms with van der Waals surface area (Å²) in [5.74, 6) is -0.350. The average Bonchev–Trinajstić information content (AvgIpc) is 2.54. The molecule has 1 aliphatic carbocycles. The molecule has 0 aromatic rings. The highest BCUT2D eigenvalue weighted by atomic mass is 16.6. The van der Waals surface area contributed by atoms with E-state index in [1.807, 2.05) is 13.8 Å². The zero-order valence-electron chi connectivity index (χ0n) is 12.4. The molecule has 1 amide bonds. The van der Waals surface area contributed by atoms with Crippen molar-refractivity contribution in [1.29, 1.82) is 0 Å². The van der Waals surface area contributed by atoms with Crippen molar-refractivity contribution >= 4 is 18.0 Å². The molecule has 6 heteroatoms. The molecule has 20 heavy (non-hydrogen) atoms. The molecule has 0 N–H and O–H groups in total. The molecule has 0 aromatic heterocycles. The van der Waals surface area contributed by atoms with Crippen LogP contribution in [0.1, 0.15) is 39.5 Å². The number of esters is 1. The quantitative estimate of drug-likeness (QED) is 0.690. The van der Waals surface area contributed by atoms with Crippen LogP contribution in [-0.4, -0.2) is 37.8 Å². The Labute approximate surface area is 118 Å². The van der Waals surface area contributed by atoms with Crippen LogP contribution in [0.15, 0.2) is 4.99 Å². The van der Waals surface area contributed by atoms with Gasteiger partial charge in [-0.1, -0.05) is 13.3 Å². The largest absolute Gasteiger partial charge is 0.473 e. The van der Waals surface area contributed by atoms with Crippen LogP contribution in [0.2, 0.25) is 0 Å². The van der Waals surface area contributed by atoms with E-state index in [9.17, 15) is 9.59 Å². The lowest BCUT2D eigenvalue weighted by Crippen LogP contribution is -2.43. The molecule has 2 bridgehead atoms. The summed E-state index contributed by atoms with van der Waals surface area (Å²) in [7, 11) is 2.59. The van der Waals surface area contributed by atoms with E-state index < -0.39 is 23.1 Å². The number of amides is 1. The van der Waals surface area contributed by atoms with E-state index >= 15 is 0 Å². The number of rotatable bonds is 1. The highest BCUT2D eigenvalue weighted by molar-refractivity contribution is 6.07. The van der Waals surface area contributed by atoms with Gasteiger partial charge in [-0.3, -0.25) is 4.79 Å². The van der Waals surface area contributed by atoms with Crippen LogP contribution in [0.3, 0.4) is 0 Å². The first kappa shape index (κ1) is 14.8. The Morgan fingerprint density at radius 3 is 2.50 bits per heavy atom. The summed E-state index contributed by atoms with van der Waals surface area (Å²) in [6, 6.07) is 0. The summed E-state index contributed by atoms with van der Waals surface area (Å²) in [5, 5.41) is 0. The second-order valence-corrected chi connectivity index (χ2v) is 5.69. The van der Waals surface area contributed by atoms with Crippen LogP contribution in [0.5, 0.6) is 0 Å². The first-order valence-electron chi connectivity index (χ1n) is 6.85. The van der Waals surface area contributed by atoms with E-state index in [-0.39, 0.29) is 11.8 Å². The van der Waals surface area contributed by atoms with Crippen molar-refractivity contribution in [2.75, 3.05) is 14.2 Å². The normalized spacial score (nSPS) is 38.0. The number of hydrogen-bond acceptors (Lipinski definition) is 5. The minimum atomic E-state index is -0.978. The van der Waals surface area contributed by atoms with Crippen molar-refractivity contribution in [1.82, 2.24) is 0 Å². The fraction of sp³-hybridized carbons (Fsp3) is 0.786. The van der Waals surface area contributed by atoms with Gasteiger partial charge in [-0.2, -0.15) is 0 Å². The minimum Gasteiger partial charge on any atom is -0.473 e. The van der Waals surface area contributed by atoms with Crippen LogP contribution in [-0.2, 0) is 19.0 Å². The maximum Gasteiger partial charge on any atom is 0.436 e. The molecule has 2 rings (SSSR count). The summed E-state index contributed by atoms with van der Waals surface area (Å²) < 4.78 is 15.4. The average molecular weight is 283 g/mol. The van der Waals surface area contributed by atoms with Gasteiger partial charge in [0.25, 0.3) is 0 Å².